The molecule has 2 aromatic rings. The van der Waals surface area contributed by atoms with Crippen LogP contribution < -0.4 is 15.3 Å². The highest BCUT2D eigenvalue weighted by atomic mass is 33.1. The maximum atomic E-state index is 13.4. The van der Waals surface area contributed by atoms with E-state index < -0.39 is 25.4 Å². The molecule has 1 aliphatic heterocycles. The zero-order valence-corrected chi connectivity index (χ0v) is 23.9. The topological polar surface area (TPSA) is 143 Å². The Hall–Kier alpha value is -1.58. The second-order valence-electron chi connectivity index (χ2n) is 7.28. The third-order valence-corrected chi connectivity index (χ3v) is 11.0. The second-order valence-corrected chi connectivity index (χ2v) is 14.3. The number of aromatic nitrogens is 2. The highest BCUT2D eigenvalue weighted by Crippen LogP contribution is 2.33. The lowest BCUT2D eigenvalue weighted by atomic mass is 10.4. The van der Waals surface area contributed by atoms with Gasteiger partial charge in [0.1, 0.15) is 10.1 Å². The lowest BCUT2D eigenvalue weighted by molar-refractivity contribution is -0.197. The number of amides is 2. The van der Waals surface area contributed by atoms with Crippen LogP contribution in [0, 0.1) is 0 Å². The molecule has 16 heteroatoms. The van der Waals surface area contributed by atoms with Crippen LogP contribution >= 0.6 is 50.8 Å². The Kier molecular flexibility index (Phi) is 13.3. The van der Waals surface area contributed by atoms with Crippen LogP contribution in [0.15, 0.2) is 58.8 Å². The van der Waals surface area contributed by atoms with Gasteiger partial charge in [0.25, 0.3) is 19.4 Å². The van der Waals surface area contributed by atoms with E-state index in [9.17, 15) is 18.9 Å². The van der Waals surface area contributed by atoms with Gasteiger partial charge in [-0.05, 0) is 45.9 Å². The summed E-state index contributed by atoms with van der Waals surface area (Å²) in [5.41, 5.74) is 0. The molecule has 3 N–H and O–H groups in total. The second kappa shape index (κ2) is 16.4. The average molecular weight is 603 g/mol. The van der Waals surface area contributed by atoms with Crippen LogP contribution in [-0.2, 0) is 23.8 Å². The molecule has 37 heavy (non-hydrogen) atoms. The van der Waals surface area contributed by atoms with Gasteiger partial charge < -0.3 is 4.84 Å². The molecule has 11 nitrogen and oxygen atoms in total. The van der Waals surface area contributed by atoms with Crippen molar-refractivity contribution in [1.29, 1.82) is 0 Å². The van der Waals surface area contributed by atoms with Crippen LogP contribution in [-0.4, -0.2) is 64.0 Å². The summed E-state index contributed by atoms with van der Waals surface area (Å²) in [4.78, 5) is 48.7. The summed E-state index contributed by atoms with van der Waals surface area (Å²) in [6.07, 6.45) is 3.35. The lowest BCUT2D eigenvalue weighted by Crippen LogP contribution is -2.36. The average Bonchev–Trinajstić information content (AvgIpc) is 3.21. The van der Waals surface area contributed by atoms with Gasteiger partial charge in [0.2, 0.25) is 0 Å². The smallest absolute Gasteiger partial charge is 0.330 e. The maximum absolute atomic E-state index is 13.4. The monoisotopic (exact) mass is 602 g/mol. The van der Waals surface area contributed by atoms with Crippen LogP contribution in [0.1, 0.15) is 19.3 Å². The van der Waals surface area contributed by atoms with E-state index in [1.54, 1.807) is 34.0 Å². The largest absolute Gasteiger partial charge is 0.334 e. The van der Waals surface area contributed by atoms with Crippen molar-refractivity contribution >= 4 is 68.6 Å². The van der Waals surface area contributed by atoms with E-state index in [0.717, 1.165) is 10.1 Å². The molecule has 0 bridgehead atoms. The standard InChI is InChI=1S/C21H27N6O5PS4/c28-19-7-8-20(29)27(19)32-21(30)9-12-24-33(31,25-13-15-34-36-17-5-1-3-10-22-17)26-14-16-35-37-18-6-2-4-11-23-18/h1-6,10-11H,7-9,12-16H2,(H3,24,25,26,31). The third-order valence-electron chi connectivity index (χ3n) is 4.47. The van der Waals surface area contributed by atoms with E-state index in [1.807, 2.05) is 36.4 Å². The molecule has 2 amide bonds. The van der Waals surface area contributed by atoms with Crippen molar-refractivity contribution in [2.24, 2.45) is 0 Å². The number of pyridine rings is 2. The van der Waals surface area contributed by atoms with E-state index in [2.05, 4.69) is 25.2 Å². The Morgan fingerprint density at radius 1 is 0.865 bits per heavy atom. The van der Waals surface area contributed by atoms with Crippen molar-refractivity contribution < 1.29 is 23.8 Å². The summed E-state index contributed by atoms with van der Waals surface area (Å²) in [5, 5.41) is 11.2. The number of carbonyl (C=O) groups excluding carboxylic acids is 3. The molecule has 200 valence electrons. The summed E-state index contributed by atoms with van der Waals surface area (Å²) in [6, 6.07) is 11.4. The molecule has 0 saturated carbocycles. The van der Waals surface area contributed by atoms with Gasteiger partial charge >= 0.3 is 5.97 Å². The normalized spacial score (nSPS) is 13.8. The molecule has 0 radical (unpaired) electrons. The van der Waals surface area contributed by atoms with Crippen LogP contribution in [0.3, 0.4) is 0 Å². The zero-order chi connectivity index (χ0) is 26.3. The number of carbonyl (C=O) groups is 3. The van der Waals surface area contributed by atoms with Gasteiger partial charge in [-0.3, -0.25) is 14.2 Å². The third kappa shape index (κ3) is 11.4. The first-order valence-electron chi connectivity index (χ1n) is 11.3. The lowest BCUT2D eigenvalue weighted by Gasteiger charge is -2.22. The van der Waals surface area contributed by atoms with E-state index in [-0.39, 0.29) is 25.8 Å². The minimum Gasteiger partial charge on any atom is -0.330 e. The number of hydrogen-bond acceptors (Lipinski definition) is 11. The number of hydrogen-bond donors (Lipinski definition) is 3. The van der Waals surface area contributed by atoms with Gasteiger partial charge in [0.15, 0.2) is 0 Å². The zero-order valence-electron chi connectivity index (χ0n) is 19.7. The van der Waals surface area contributed by atoms with Gasteiger partial charge in [-0.25, -0.2) is 30.0 Å². The molecule has 0 atom stereocenters. The van der Waals surface area contributed by atoms with E-state index in [4.69, 9.17) is 4.84 Å². The van der Waals surface area contributed by atoms with Crippen molar-refractivity contribution in [2.75, 3.05) is 31.1 Å². The molecule has 3 rings (SSSR count). The predicted octanol–water partition coefficient (Wildman–Crippen LogP) is 3.53. The van der Waals surface area contributed by atoms with Crippen LogP contribution in [0.4, 0.5) is 0 Å². The summed E-state index contributed by atoms with van der Waals surface area (Å²) in [7, 11) is 2.98. The van der Waals surface area contributed by atoms with Crippen molar-refractivity contribution in [2.45, 2.75) is 29.3 Å². The maximum Gasteiger partial charge on any atom is 0.334 e. The summed E-state index contributed by atoms with van der Waals surface area (Å²) >= 11 is 0. The minimum atomic E-state index is -3.24. The van der Waals surface area contributed by atoms with E-state index in [1.165, 1.54) is 21.6 Å². The summed E-state index contributed by atoms with van der Waals surface area (Å²) in [5.74, 6) is -0.502. The van der Waals surface area contributed by atoms with Crippen LogP contribution in [0.2, 0.25) is 0 Å². The van der Waals surface area contributed by atoms with Crippen molar-refractivity contribution in [3.8, 4) is 0 Å². The number of nitrogens with zero attached hydrogens (tertiary/aromatic N) is 3. The van der Waals surface area contributed by atoms with Crippen LogP contribution in [0.25, 0.3) is 0 Å². The molecule has 0 aromatic carbocycles. The van der Waals surface area contributed by atoms with Crippen LogP contribution in [0.5, 0.6) is 0 Å². The highest BCUT2D eigenvalue weighted by molar-refractivity contribution is 8.77. The molecule has 1 aliphatic rings. The molecule has 2 aromatic heterocycles. The van der Waals surface area contributed by atoms with Gasteiger partial charge in [0.05, 0.1) is 6.42 Å². The van der Waals surface area contributed by atoms with Crippen molar-refractivity contribution in [3.63, 3.8) is 0 Å². The molecular formula is C21H27N6O5PS4. The number of nitrogens with one attached hydrogen (secondary N) is 3. The highest BCUT2D eigenvalue weighted by Gasteiger charge is 2.32. The van der Waals surface area contributed by atoms with E-state index in [0.29, 0.717) is 29.7 Å². The van der Waals surface area contributed by atoms with Crippen molar-refractivity contribution in [3.05, 3.63) is 48.8 Å². The fourth-order valence-corrected chi connectivity index (χ4v) is 8.26. The summed E-state index contributed by atoms with van der Waals surface area (Å²) in [6.45, 7) is 0.912. The molecule has 3 heterocycles. The first-order valence-corrected chi connectivity index (χ1v) is 17.6. The molecule has 0 spiro atoms. The Morgan fingerprint density at radius 2 is 1.38 bits per heavy atom. The first-order chi connectivity index (χ1) is 18.0. The fourth-order valence-electron chi connectivity index (χ4n) is 2.77. The molecule has 1 saturated heterocycles. The fraction of sp³-hybridized carbons (Fsp3) is 0.381. The quantitative estimate of drug-likeness (QED) is 0.105. The van der Waals surface area contributed by atoms with E-state index >= 15 is 0 Å². The Balaban J connectivity index is 1.41. The Bertz CT molecular complexity index is 1000. The first kappa shape index (κ1) is 30.0. The predicted molar refractivity (Wildman–Crippen MR) is 149 cm³/mol. The summed E-state index contributed by atoms with van der Waals surface area (Å²) < 4.78 is 13.4. The van der Waals surface area contributed by atoms with Gasteiger partial charge in [0, 0.05) is 56.4 Å². The number of rotatable bonds is 17. The Morgan fingerprint density at radius 3 is 1.86 bits per heavy atom. The molecule has 0 unspecified atom stereocenters. The SMILES string of the molecule is O=C(CCNP(=O)(NCCSSc1ccccn1)NCCSSc1ccccn1)ON1C(=O)CCC1=O. The molecule has 0 aliphatic carbocycles. The van der Waals surface area contributed by atoms with Crippen molar-refractivity contribution in [1.82, 2.24) is 30.3 Å². The number of imide groups is 1. The van der Waals surface area contributed by atoms with Gasteiger partial charge in [-0.1, -0.05) is 33.7 Å². The molecular weight excluding hydrogens is 576 g/mol. The minimum absolute atomic E-state index is 0.0258. The van der Waals surface area contributed by atoms with Gasteiger partial charge in [-0.15, -0.1) is 5.06 Å². The Labute approximate surface area is 231 Å². The van der Waals surface area contributed by atoms with Gasteiger partial charge in [-0.2, -0.15) is 0 Å². The number of hydroxylamine groups is 2. The molecule has 1 fully saturated rings.